The van der Waals surface area contributed by atoms with E-state index < -0.39 is 0 Å². The monoisotopic (exact) mass is 276 g/mol. The number of hydrogen-bond acceptors (Lipinski definition) is 3. The van der Waals surface area contributed by atoms with Crippen molar-refractivity contribution in [2.75, 3.05) is 19.6 Å². The molecule has 5 nitrogen and oxygen atoms in total. The second-order valence-corrected chi connectivity index (χ2v) is 6.32. The Kier molecular flexibility index (Phi) is 3.78. The summed E-state index contributed by atoms with van der Waals surface area (Å²) in [4.78, 5) is 14.9. The van der Waals surface area contributed by atoms with Crippen LogP contribution in [0.5, 0.6) is 0 Å². The first-order chi connectivity index (χ1) is 9.69. The summed E-state index contributed by atoms with van der Waals surface area (Å²) in [5.41, 5.74) is 0.804. The number of likely N-dealkylation sites (tertiary alicyclic amines) is 1. The van der Waals surface area contributed by atoms with E-state index in [4.69, 9.17) is 0 Å². The number of carbonyl (C=O) groups excluding carboxylic acids is 1. The van der Waals surface area contributed by atoms with E-state index in [1.165, 1.54) is 6.42 Å². The molecule has 1 aromatic rings. The predicted octanol–water partition coefficient (Wildman–Crippen LogP) is 1.65. The maximum absolute atomic E-state index is 12.8. The molecule has 1 amide bonds. The van der Waals surface area contributed by atoms with Crippen LogP contribution in [0.1, 0.15) is 50.6 Å². The molecule has 0 spiro atoms. The summed E-state index contributed by atoms with van der Waals surface area (Å²) in [6.45, 7) is 4.73. The lowest BCUT2D eigenvalue weighted by molar-refractivity contribution is -0.140. The van der Waals surface area contributed by atoms with Gasteiger partial charge in [0, 0.05) is 30.9 Å². The second-order valence-electron chi connectivity index (χ2n) is 6.32. The van der Waals surface area contributed by atoms with Crippen LogP contribution in [0.25, 0.3) is 0 Å². The minimum atomic E-state index is -0.353. The highest BCUT2D eigenvalue weighted by atomic mass is 16.2. The largest absolute Gasteiger partial charge is 0.340 e. The molecule has 3 heterocycles. The molecule has 2 aliphatic rings. The van der Waals surface area contributed by atoms with E-state index >= 15 is 0 Å². The third kappa shape index (κ3) is 2.59. The van der Waals surface area contributed by atoms with Crippen LogP contribution in [0.3, 0.4) is 0 Å². The molecule has 0 aromatic carbocycles. The Balaban J connectivity index is 1.68. The highest BCUT2D eigenvalue weighted by Crippen LogP contribution is 2.28. The van der Waals surface area contributed by atoms with Gasteiger partial charge in [-0.25, -0.2) is 0 Å². The van der Waals surface area contributed by atoms with Crippen LogP contribution in [0.15, 0.2) is 12.3 Å². The van der Waals surface area contributed by atoms with Gasteiger partial charge in [0.2, 0.25) is 5.91 Å². The zero-order valence-corrected chi connectivity index (χ0v) is 12.2. The Bertz CT molecular complexity index is 450. The van der Waals surface area contributed by atoms with Crippen molar-refractivity contribution < 1.29 is 4.79 Å². The Morgan fingerprint density at radius 2 is 2.35 bits per heavy atom. The number of rotatable bonds is 2. The zero-order chi connectivity index (χ0) is 14.0. The molecule has 2 saturated heterocycles. The van der Waals surface area contributed by atoms with Crippen LogP contribution in [-0.2, 0) is 4.79 Å². The van der Waals surface area contributed by atoms with Crippen LogP contribution < -0.4 is 5.32 Å². The fraction of sp³-hybridized carbons (Fsp3) is 0.733. The molecule has 2 fully saturated rings. The van der Waals surface area contributed by atoms with Gasteiger partial charge in [-0.05, 0) is 51.6 Å². The smallest absolute Gasteiger partial charge is 0.242 e. The first kappa shape index (κ1) is 13.6. The third-order valence-corrected chi connectivity index (χ3v) is 4.76. The summed E-state index contributed by atoms with van der Waals surface area (Å²) in [5.74, 6) is 0.684. The molecule has 110 valence electrons. The highest BCUT2D eigenvalue weighted by molar-refractivity contribution is 5.86. The fourth-order valence-electron chi connectivity index (χ4n) is 3.50. The zero-order valence-electron chi connectivity index (χ0n) is 12.2. The van der Waals surface area contributed by atoms with Crippen molar-refractivity contribution in [3.63, 3.8) is 0 Å². The highest BCUT2D eigenvalue weighted by Gasteiger charge is 2.39. The lowest BCUT2D eigenvalue weighted by Gasteiger charge is -2.41. The van der Waals surface area contributed by atoms with Crippen molar-refractivity contribution in [1.29, 1.82) is 0 Å². The molecule has 0 radical (unpaired) electrons. The average Bonchev–Trinajstić information content (AvgIpc) is 3.02. The van der Waals surface area contributed by atoms with Gasteiger partial charge in [-0.1, -0.05) is 0 Å². The molecule has 1 aromatic heterocycles. The van der Waals surface area contributed by atoms with Gasteiger partial charge < -0.3 is 10.2 Å². The van der Waals surface area contributed by atoms with E-state index in [1.54, 1.807) is 6.20 Å². The van der Waals surface area contributed by atoms with Gasteiger partial charge in [0.25, 0.3) is 0 Å². The number of nitrogens with one attached hydrogen (secondary N) is 2. The van der Waals surface area contributed by atoms with Crippen LogP contribution in [0.2, 0.25) is 0 Å². The number of hydrogen-bond donors (Lipinski definition) is 2. The molecule has 3 rings (SSSR count). The van der Waals surface area contributed by atoms with Gasteiger partial charge >= 0.3 is 0 Å². The lowest BCUT2D eigenvalue weighted by Crippen LogP contribution is -2.59. The summed E-state index contributed by atoms with van der Waals surface area (Å²) in [6, 6.07) is 2.03. The molecule has 20 heavy (non-hydrogen) atoms. The SMILES string of the molecule is CC1(C(=O)N2CCCC(c3ccn[nH]3)C2)CCCCN1. The Morgan fingerprint density at radius 1 is 1.45 bits per heavy atom. The topological polar surface area (TPSA) is 61.0 Å². The van der Waals surface area contributed by atoms with Gasteiger partial charge in [-0.2, -0.15) is 5.10 Å². The molecule has 5 heteroatoms. The molecule has 0 bridgehead atoms. The quantitative estimate of drug-likeness (QED) is 0.863. The maximum Gasteiger partial charge on any atom is 0.242 e. The van der Waals surface area contributed by atoms with E-state index in [0.717, 1.165) is 51.0 Å². The minimum Gasteiger partial charge on any atom is -0.340 e. The molecule has 0 saturated carbocycles. The molecule has 2 atom stereocenters. The van der Waals surface area contributed by atoms with Crippen molar-refractivity contribution >= 4 is 5.91 Å². The van der Waals surface area contributed by atoms with Gasteiger partial charge in [0.1, 0.15) is 0 Å². The first-order valence-corrected chi connectivity index (χ1v) is 7.73. The Hall–Kier alpha value is -1.36. The summed E-state index contributed by atoms with van der Waals surface area (Å²) in [5, 5.41) is 10.5. The molecular formula is C15H24N4O. The molecule has 2 aliphatic heterocycles. The van der Waals surface area contributed by atoms with Crippen molar-refractivity contribution in [2.45, 2.75) is 50.5 Å². The van der Waals surface area contributed by atoms with Crippen LogP contribution in [-0.4, -0.2) is 46.2 Å². The van der Waals surface area contributed by atoms with E-state index in [0.29, 0.717) is 5.92 Å². The summed E-state index contributed by atoms with van der Waals surface area (Å²) in [6.07, 6.45) is 7.28. The summed E-state index contributed by atoms with van der Waals surface area (Å²) in [7, 11) is 0. The van der Waals surface area contributed by atoms with Crippen molar-refractivity contribution in [2.24, 2.45) is 0 Å². The molecule has 2 N–H and O–H groups in total. The van der Waals surface area contributed by atoms with Gasteiger partial charge in [0.05, 0.1) is 5.54 Å². The number of aromatic amines is 1. The Labute approximate surface area is 120 Å². The predicted molar refractivity (Wildman–Crippen MR) is 77.4 cm³/mol. The standard InChI is InChI=1S/C15H24N4O/c1-15(7-2-3-8-16-15)14(20)19-10-4-5-12(11-19)13-6-9-17-18-13/h6,9,12,16H,2-5,7-8,10-11H2,1H3,(H,17,18). The lowest BCUT2D eigenvalue weighted by atomic mass is 9.87. The van der Waals surface area contributed by atoms with Crippen LogP contribution in [0.4, 0.5) is 0 Å². The number of nitrogens with zero attached hydrogens (tertiary/aromatic N) is 2. The van der Waals surface area contributed by atoms with Gasteiger partial charge in [0.15, 0.2) is 0 Å². The van der Waals surface area contributed by atoms with Crippen molar-refractivity contribution in [3.8, 4) is 0 Å². The minimum absolute atomic E-state index is 0.279. The number of carbonyl (C=O) groups is 1. The van der Waals surface area contributed by atoms with Crippen LogP contribution in [0, 0.1) is 0 Å². The number of amides is 1. The summed E-state index contributed by atoms with van der Waals surface area (Å²) < 4.78 is 0. The first-order valence-electron chi connectivity index (χ1n) is 7.73. The van der Waals surface area contributed by atoms with E-state index in [2.05, 4.69) is 22.4 Å². The van der Waals surface area contributed by atoms with E-state index in [1.807, 2.05) is 11.0 Å². The second kappa shape index (κ2) is 5.56. The molecular weight excluding hydrogens is 252 g/mol. The fourth-order valence-corrected chi connectivity index (χ4v) is 3.50. The van der Waals surface area contributed by atoms with E-state index in [9.17, 15) is 4.79 Å². The van der Waals surface area contributed by atoms with E-state index in [-0.39, 0.29) is 11.4 Å². The summed E-state index contributed by atoms with van der Waals surface area (Å²) >= 11 is 0. The number of H-pyrrole nitrogens is 1. The Morgan fingerprint density at radius 3 is 3.05 bits per heavy atom. The normalized spacial score (nSPS) is 31.2. The number of piperidine rings is 2. The van der Waals surface area contributed by atoms with Crippen molar-refractivity contribution in [1.82, 2.24) is 20.4 Å². The number of aromatic nitrogens is 2. The maximum atomic E-state index is 12.8. The average molecular weight is 276 g/mol. The van der Waals surface area contributed by atoms with Gasteiger partial charge in [-0.3, -0.25) is 9.89 Å². The van der Waals surface area contributed by atoms with Crippen LogP contribution >= 0.6 is 0 Å². The molecule has 0 aliphatic carbocycles. The van der Waals surface area contributed by atoms with Crippen molar-refractivity contribution in [3.05, 3.63) is 18.0 Å². The molecule has 2 unspecified atom stereocenters. The van der Waals surface area contributed by atoms with Gasteiger partial charge in [-0.15, -0.1) is 0 Å². The third-order valence-electron chi connectivity index (χ3n) is 4.76.